The third-order valence-electron chi connectivity index (χ3n) is 3.50. The Labute approximate surface area is 122 Å². The topological polar surface area (TPSA) is 72.9 Å². The molecule has 1 unspecified atom stereocenters. The molecule has 0 radical (unpaired) electrons. The fraction of sp³-hybridized carbons (Fsp3) is 0.615. The first-order valence-corrected chi connectivity index (χ1v) is 7.57. The van der Waals surface area contributed by atoms with E-state index < -0.39 is 5.97 Å². The summed E-state index contributed by atoms with van der Waals surface area (Å²) in [6, 6.07) is 0.228. The Hall–Kier alpha value is -1.50. The van der Waals surface area contributed by atoms with Gasteiger partial charge in [0, 0.05) is 13.1 Å². The standard InChI is InChI=1S/C13H20N4O2S/c1-7(2)9(4)17-12-11(8(3)15-16(12)5)14-13(17)20-6-10(18)19/h7,9H,6H2,1-5H3,(H,18,19). The van der Waals surface area contributed by atoms with E-state index in [-0.39, 0.29) is 11.8 Å². The molecule has 0 spiro atoms. The number of imidazole rings is 1. The van der Waals surface area contributed by atoms with E-state index in [0.29, 0.717) is 5.92 Å². The molecule has 0 aromatic carbocycles. The number of carboxylic acids is 1. The molecule has 20 heavy (non-hydrogen) atoms. The molecule has 2 heterocycles. The quantitative estimate of drug-likeness (QED) is 0.858. The lowest BCUT2D eigenvalue weighted by molar-refractivity contribution is -0.133. The maximum absolute atomic E-state index is 10.8. The predicted molar refractivity (Wildman–Crippen MR) is 79.1 cm³/mol. The largest absolute Gasteiger partial charge is 0.481 e. The Kier molecular flexibility index (Phi) is 4.08. The van der Waals surface area contributed by atoms with Crippen LogP contribution >= 0.6 is 11.8 Å². The van der Waals surface area contributed by atoms with Gasteiger partial charge in [-0.05, 0) is 19.8 Å². The highest BCUT2D eigenvalue weighted by Gasteiger charge is 2.23. The van der Waals surface area contributed by atoms with Gasteiger partial charge in [-0.25, -0.2) is 4.98 Å². The fourth-order valence-electron chi connectivity index (χ4n) is 2.17. The van der Waals surface area contributed by atoms with Gasteiger partial charge in [0.2, 0.25) is 0 Å². The maximum Gasteiger partial charge on any atom is 0.313 e. The summed E-state index contributed by atoms with van der Waals surface area (Å²) >= 11 is 1.26. The van der Waals surface area contributed by atoms with Crippen molar-refractivity contribution in [2.24, 2.45) is 13.0 Å². The van der Waals surface area contributed by atoms with E-state index >= 15 is 0 Å². The zero-order valence-corrected chi connectivity index (χ0v) is 13.2. The number of aliphatic carboxylic acids is 1. The minimum Gasteiger partial charge on any atom is -0.481 e. The zero-order valence-electron chi connectivity index (χ0n) is 12.4. The molecule has 0 aliphatic carbocycles. The Morgan fingerprint density at radius 3 is 2.60 bits per heavy atom. The molecule has 110 valence electrons. The second kappa shape index (κ2) is 5.47. The van der Waals surface area contributed by atoms with E-state index in [0.717, 1.165) is 22.0 Å². The van der Waals surface area contributed by atoms with Crippen LogP contribution in [-0.2, 0) is 11.8 Å². The normalized spacial score (nSPS) is 13.3. The van der Waals surface area contributed by atoms with Crippen molar-refractivity contribution in [3.05, 3.63) is 5.69 Å². The average Bonchev–Trinajstić information content (AvgIpc) is 2.85. The molecule has 0 saturated heterocycles. The summed E-state index contributed by atoms with van der Waals surface area (Å²) in [5.74, 6) is -0.395. The summed E-state index contributed by atoms with van der Waals surface area (Å²) in [5.41, 5.74) is 2.68. The first-order valence-electron chi connectivity index (χ1n) is 6.59. The molecule has 0 saturated carbocycles. The summed E-state index contributed by atoms with van der Waals surface area (Å²) in [5, 5.41) is 14.0. The van der Waals surface area contributed by atoms with Crippen LogP contribution in [0.2, 0.25) is 0 Å². The highest BCUT2D eigenvalue weighted by molar-refractivity contribution is 7.99. The zero-order chi connectivity index (χ0) is 15.0. The van der Waals surface area contributed by atoms with Crippen molar-refractivity contribution in [2.75, 3.05) is 5.75 Å². The monoisotopic (exact) mass is 296 g/mol. The summed E-state index contributed by atoms with van der Waals surface area (Å²) < 4.78 is 3.93. The molecule has 2 aromatic heterocycles. The number of thioether (sulfide) groups is 1. The number of aromatic nitrogens is 4. The van der Waals surface area contributed by atoms with Crippen LogP contribution in [0.1, 0.15) is 32.5 Å². The molecular weight excluding hydrogens is 276 g/mol. The molecule has 1 N–H and O–H groups in total. The number of nitrogens with zero attached hydrogens (tertiary/aromatic N) is 4. The number of rotatable bonds is 5. The second-order valence-corrected chi connectivity index (χ2v) is 6.26. The lowest BCUT2D eigenvalue weighted by Gasteiger charge is -2.20. The smallest absolute Gasteiger partial charge is 0.313 e. The van der Waals surface area contributed by atoms with E-state index in [1.807, 2.05) is 18.7 Å². The van der Waals surface area contributed by atoms with Crippen LogP contribution in [0.15, 0.2) is 5.16 Å². The fourth-order valence-corrected chi connectivity index (χ4v) is 2.97. The van der Waals surface area contributed by atoms with Gasteiger partial charge in [0.15, 0.2) is 10.8 Å². The predicted octanol–water partition coefficient (Wildman–Crippen LogP) is 2.47. The average molecular weight is 296 g/mol. The lowest BCUT2D eigenvalue weighted by atomic mass is 10.1. The molecule has 2 rings (SSSR count). The minimum absolute atomic E-state index is 0.0145. The lowest BCUT2D eigenvalue weighted by Crippen LogP contribution is -2.15. The number of carboxylic acid groups (broad SMARTS) is 1. The second-order valence-electron chi connectivity index (χ2n) is 5.31. The van der Waals surface area contributed by atoms with Crippen LogP contribution in [-0.4, -0.2) is 36.2 Å². The number of aryl methyl sites for hydroxylation is 2. The molecule has 1 atom stereocenters. The minimum atomic E-state index is -0.833. The van der Waals surface area contributed by atoms with Gasteiger partial charge in [-0.1, -0.05) is 25.6 Å². The van der Waals surface area contributed by atoms with Gasteiger partial charge in [-0.15, -0.1) is 0 Å². The number of hydrogen-bond acceptors (Lipinski definition) is 4. The van der Waals surface area contributed by atoms with Crippen molar-refractivity contribution in [2.45, 2.75) is 38.9 Å². The Morgan fingerprint density at radius 2 is 2.05 bits per heavy atom. The van der Waals surface area contributed by atoms with Crippen molar-refractivity contribution in [1.82, 2.24) is 19.3 Å². The van der Waals surface area contributed by atoms with Crippen molar-refractivity contribution < 1.29 is 9.90 Å². The van der Waals surface area contributed by atoms with Gasteiger partial charge in [-0.3, -0.25) is 9.48 Å². The maximum atomic E-state index is 10.8. The highest BCUT2D eigenvalue weighted by atomic mass is 32.2. The van der Waals surface area contributed by atoms with Gasteiger partial charge >= 0.3 is 5.97 Å². The Bertz CT molecular complexity index is 644. The van der Waals surface area contributed by atoms with Crippen molar-refractivity contribution in [3.8, 4) is 0 Å². The van der Waals surface area contributed by atoms with Gasteiger partial charge in [0.25, 0.3) is 0 Å². The first kappa shape index (κ1) is 14.9. The summed E-state index contributed by atoms with van der Waals surface area (Å²) in [6.45, 7) is 8.33. The summed E-state index contributed by atoms with van der Waals surface area (Å²) in [6.07, 6.45) is 0. The Balaban J connectivity index is 2.57. The van der Waals surface area contributed by atoms with Crippen LogP contribution in [0.25, 0.3) is 11.2 Å². The third-order valence-corrected chi connectivity index (χ3v) is 4.44. The number of hydrogen-bond donors (Lipinski definition) is 1. The van der Waals surface area contributed by atoms with E-state index in [1.165, 1.54) is 11.8 Å². The molecule has 7 heteroatoms. The van der Waals surface area contributed by atoms with Gasteiger partial charge in [0.1, 0.15) is 5.52 Å². The molecular formula is C13H20N4O2S. The van der Waals surface area contributed by atoms with E-state index in [1.54, 1.807) is 0 Å². The van der Waals surface area contributed by atoms with Crippen molar-refractivity contribution >= 4 is 28.9 Å². The first-order chi connectivity index (χ1) is 9.32. The third kappa shape index (κ3) is 2.54. The number of fused-ring (bicyclic) bond motifs is 1. The molecule has 0 fully saturated rings. The van der Waals surface area contributed by atoms with Crippen molar-refractivity contribution in [3.63, 3.8) is 0 Å². The Morgan fingerprint density at radius 1 is 1.40 bits per heavy atom. The van der Waals surface area contributed by atoms with Crippen LogP contribution in [0, 0.1) is 12.8 Å². The highest BCUT2D eigenvalue weighted by Crippen LogP contribution is 2.31. The van der Waals surface area contributed by atoms with Gasteiger partial charge in [0.05, 0.1) is 11.4 Å². The van der Waals surface area contributed by atoms with Gasteiger partial charge < -0.3 is 9.67 Å². The summed E-state index contributed by atoms with van der Waals surface area (Å²) in [4.78, 5) is 15.4. The van der Waals surface area contributed by atoms with Crippen LogP contribution in [0.4, 0.5) is 0 Å². The molecule has 2 aromatic rings. The summed E-state index contributed by atoms with van der Waals surface area (Å²) in [7, 11) is 1.90. The van der Waals surface area contributed by atoms with Gasteiger partial charge in [-0.2, -0.15) is 5.10 Å². The van der Waals surface area contributed by atoms with E-state index in [2.05, 4.69) is 35.4 Å². The molecule has 6 nitrogen and oxygen atoms in total. The number of carbonyl (C=O) groups is 1. The molecule has 0 aliphatic heterocycles. The van der Waals surface area contributed by atoms with Crippen LogP contribution < -0.4 is 0 Å². The SMILES string of the molecule is Cc1nn(C)c2c1nc(SCC(=O)O)n2C(C)C(C)C. The molecule has 0 amide bonds. The van der Waals surface area contributed by atoms with E-state index in [9.17, 15) is 4.79 Å². The van der Waals surface area contributed by atoms with Crippen LogP contribution in [0.5, 0.6) is 0 Å². The molecule has 0 bridgehead atoms. The van der Waals surface area contributed by atoms with Crippen molar-refractivity contribution in [1.29, 1.82) is 0 Å². The van der Waals surface area contributed by atoms with Crippen LogP contribution in [0.3, 0.4) is 0 Å². The van der Waals surface area contributed by atoms with E-state index in [4.69, 9.17) is 5.11 Å². The molecule has 0 aliphatic rings.